The summed E-state index contributed by atoms with van der Waals surface area (Å²) in [6, 6.07) is 17.9. The number of unbranched alkanes of at least 4 members (excludes halogenated alkanes) is 6. The Kier molecular flexibility index (Phi) is 8.75. The Morgan fingerprint density at radius 1 is 0.800 bits per heavy atom. The lowest BCUT2D eigenvalue weighted by Crippen LogP contribution is -1.94. The van der Waals surface area contributed by atoms with Crippen LogP contribution in [0.15, 0.2) is 60.7 Å². The number of ketones is 1. The van der Waals surface area contributed by atoms with Crippen LogP contribution in [0.5, 0.6) is 0 Å². The van der Waals surface area contributed by atoms with Gasteiger partial charge in [0.05, 0.1) is 0 Å². The zero-order chi connectivity index (χ0) is 17.7. The Bertz CT molecular complexity index is 655. The summed E-state index contributed by atoms with van der Waals surface area (Å²) in [6.07, 6.45) is 14.0. The van der Waals surface area contributed by atoms with Gasteiger partial charge in [-0.3, -0.25) is 4.79 Å². The molecule has 0 heterocycles. The zero-order valence-electron chi connectivity index (χ0n) is 15.4. The molecule has 0 amide bonds. The van der Waals surface area contributed by atoms with E-state index in [4.69, 9.17) is 0 Å². The molecule has 0 spiro atoms. The molecule has 0 bridgehead atoms. The van der Waals surface area contributed by atoms with Crippen molar-refractivity contribution in [3.8, 4) is 0 Å². The molecule has 2 rings (SSSR count). The maximum Gasteiger partial charge on any atom is 0.185 e. The van der Waals surface area contributed by atoms with Crippen molar-refractivity contribution in [3.05, 3.63) is 77.4 Å². The van der Waals surface area contributed by atoms with Crippen LogP contribution in [0.4, 0.5) is 0 Å². The Morgan fingerprint density at radius 2 is 1.44 bits per heavy atom. The lowest BCUT2D eigenvalue weighted by atomic mass is 9.99. The predicted molar refractivity (Wildman–Crippen MR) is 108 cm³/mol. The molecule has 1 nitrogen and oxygen atoms in total. The number of aryl methyl sites for hydroxylation is 1. The van der Waals surface area contributed by atoms with Crippen LogP contribution in [-0.4, -0.2) is 5.78 Å². The third kappa shape index (κ3) is 7.09. The van der Waals surface area contributed by atoms with E-state index in [-0.39, 0.29) is 5.78 Å². The Morgan fingerprint density at radius 3 is 2.20 bits per heavy atom. The van der Waals surface area contributed by atoms with Crippen molar-refractivity contribution in [1.82, 2.24) is 0 Å². The Labute approximate surface area is 152 Å². The third-order valence-electron chi connectivity index (χ3n) is 4.58. The number of carbonyl (C=O) groups excluding carboxylic acids is 1. The van der Waals surface area contributed by atoms with Crippen molar-refractivity contribution in [2.45, 2.75) is 58.3 Å². The van der Waals surface area contributed by atoms with Crippen molar-refractivity contribution < 1.29 is 4.79 Å². The number of carbonyl (C=O) groups is 1. The first-order valence-electron chi connectivity index (χ1n) is 9.66. The first kappa shape index (κ1) is 19.2. The van der Waals surface area contributed by atoms with E-state index >= 15 is 0 Å². The SMILES string of the molecule is CCCCCCCCCc1ccccc1C=CC(=O)c1ccccc1. The van der Waals surface area contributed by atoms with E-state index in [2.05, 4.69) is 25.1 Å². The highest BCUT2D eigenvalue weighted by Gasteiger charge is 2.02. The van der Waals surface area contributed by atoms with E-state index in [1.807, 2.05) is 42.5 Å². The lowest BCUT2D eigenvalue weighted by molar-refractivity contribution is 0.104. The van der Waals surface area contributed by atoms with Gasteiger partial charge in [-0.2, -0.15) is 0 Å². The number of hydrogen-bond donors (Lipinski definition) is 0. The van der Waals surface area contributed by atoms with E-state index in [1.54, 1.807) is 6.08 Å². The summed E-state index contributed by atoms with van der Waals surface area (Å²) in [7, 11) is 0. The van der Waals surface area contributed by atoms with Gasteiger partial charge in [-0.05, 0) is 30.0 Å². The molecule has 25 heavy (non-hydrogen) atoms. The maximum absolute atomic E-state index is 12.2. The monoisotopic (exact) mass is 334 g/mol. The summed E-state index contributed by atoms with van der Waals surface area (Å²) in [4.78, 5) is 12.2. The smallest absolute Gasteiger partial charge is 0.185 e. The Hall–Kier alpha value is -2.15. The fourth-order valence-corrected chi connectivity index (χ4v) is 3.06. The first-order chi connectivity index (χ1) is 12.3. The quantitative estimate of drug-likeness (QED) is 0.249. The van der Waals surface area contributed by atoms with E-state index in [0.29, 0.717) is 0 Å². The van der Waals surface area contributed by atoms with Crippen LogP contribution in [0.1, 0.15) is 73.4 Å². The molecule has 0 saturated heterocycles. The van der Waals surface area contributed by atoms with Gasteiger partial charge in [-0.25, -0.2) is 0 Å². The molecule has 0 N–H and O–H groups in total. The number of benzene rings is 2. The van der Waals surface area contributed by atoms with Crippen LogP contribution in [-0.2, 0) is 6.42 Å². The standard InChI is InChI=1S/C24H30O/c1-2-3-4-5-6-7-9-14-21-15-12-13-16-22(21)19-20-24(25)23-17-10-8-11-18-23/h8,10-13,15-20H,2-7,9,14H2,1H3. The molecule has 0 radical (unpaired) electrons. The summed E-state index contributed by atoms with van der Waals surface area (Å²) in [5, 5.41) is 0. The van der Waals surface area contributed by atoms with E-state index in [0.717, 1.165) is 17.5 Å². The van der Waals surface area contributed by atoms with Gasteiger partial charge >= 0.3 is 0 Å². The normalized spacial score (nSPS) is 11.1. The molecule has 1 heteroatoms. The minimum absolute atomic E-state index is 0.0614. The molecule has 2 aromatic carbocycles. The highest BCUT2D eigenvalue weighted by molar-refractivity contribution is 6.06. The van der Waals surface area contributed by atoms with Crippen LogP contribution >= 0.6 is 0 Å². The molecule has 0 aliphatic rings. The number of allylic oxidation sites excluding steroid dienone is 1. The molecule has 0 fully saturated rings. The van der Waals surface area contributed by atoms with Crippen molar-refractivity contribution >= 4 is 11.9 Å². The van der Waals surface area contributed by atoms with E-state index in [9.17, 15) is 4.79 Å². The van der Waals surface area contributed by atoms with Gasteiger partial charge in [-0.15, -0.1) is 0 Å². The molecule has 0 saturated carbocycles. The number of hydrogen-bond acceptors (Lipinski definition) is 1. The molecule has 0 aliphatic heterocycles. The molecule has 132 valence electrons. The second-order valence-corrected chi connectivity index (χ2v) is 6.63. The summed E-state index contributed by atoms with van der Waals surface area (Å²) in [5.74, 6) is 0.0614. The summed E-state index contributed by atoms with van der Waals surface area (Å²) < 4.78 is 0. The van der Waals surface area contributed by atoms with Crippen molar-refractivity contribution in [3.63, 3.8) is 0 Å². The molecule has 2 aromatic rings. The maximum atomic E-state index is 12.2. The highest BCUT2D eigenvalue weighted by Crippen LogP contribution is 2.16. The summed E-state index contributed by atoms with van der Waals surface area (Å²) >= 11 is 0. The minimum Gasteiger partial charge on any atom is -0.289 e. The third-order valence-corrected chi connectivity index (χ3v) is 4.58. The van der Waals surface area contributed by atoms with E-state index in [1.165, 1.54) is 50.5 Å². The van der Waals surface area contributed by atoms with Crippen molar-refractivity contribution in [2.24, 2.45) is 0 Å². The first-order valence-corrected chi connectivity index (χ1v) is 9.66. The van der Waals surface area contributed by atoms with Gasteiger partial charge in [0, 0.05) is 5.56 Å². The van der Waals surface area contributed by atoms with Crippen LogP contribution in [0.3, 0.4) is 0 Å². The van der Waals surface area contributed by atoms with Crippen molar-refractivity contribution in [2.75, 3.05) is 0 Å². The fourth-order valence-electron chi connectivity index (χ4n) is 3.06. The zero-order valence-corrected chi connectivity index (χ0v) is 15.4. The number of rotatable bonds is 11. The van der Waals surface area contributed by atoms with Crippen LogP contribution < -0.4 is 0 Å². The molecule has 0 atom stereocenters. The van der Waals surface area contributed by atoms with Gasteiger partial charge in [0.15, 0.2) is 5.78 Å². The van der Waals surface area contributed by atoms with Crippen LogP contribution in [0.2, 0.25) is 0 Å². The van der Waals surface area contributed by atoms with Gasteiger partial charge in [0.1, 0.15) is 0 Å². The molecule has 0 aromatic heterocycles. The molecule has 0 unspecified atom stereocenters. The second kappa shape index (κ2) is 11.4. The molecular weight excluding hydrogens is 304 g/mol. The largest absolute Gasteiger partial charge is 0.289 e. The summed E-state index contributed by atoms with van der Waals surface area (Å²) in [5.41, 5.74) is 3.24. The van der Waals surface area contributed by atoms with Gasteiger partial charge in [0.2, 0.25) is 0 Å². The Balaban J connectivity index is 1.85. The van der Waals surface area contributed by atoms with E-state index < -0.39 is 0 Å². The topological polar surface area (TPSA) is 17.1 Å². The molecule has 0 aliphatic carbocycles. The summed E-state index contributed by atoms with van der Waals surface area (Å²) in [6.45, 7) is 2.26. The fraction of sp³-hybridized carbons (Fsp3) is 0.375. The average Bonchev–Trinajstić information content (AvgIpc) is 2.67. The second-order valence-electron chi connectivity index (χ2n) is 6.63. The van der Waals surface area contributed by atoms with Gasteiger partial charge in [-0.1, -0.05) is 106 Å². The lowest BCUT2D eigenvalue weighted by Gasteiger charge is -2.06. The minimum atomic E-state index is 0.0614. The van der Waals surface area contributed by atoms with Gasteiger partial charge < -0.3 is 0 Å². The van der Waals surface area contributed by atoms with Crippen LogP contribution in [0.25, 0.3) is 6.08 Å². The van der Waals surface area contributed by atoms with Crippen LogP contribution in [0, 0.1) is 0 Å². The highest BCUT2D eigenvalue weighted by atomic mass is 16.1. The van der Waals surface area contributed by atoms with Gasteiger partial charge in [0.25, 0.3) is 0 Å². The molecular formula is C24H30O. The van der Waals surface area contributed by atoms with Crippen molar-refractivity contribution in [1.29, 1.82) is 0 Å². The average molecular weight is 335 g/mol. The predicted octanol–water partition coefficient (Wildman–Crippen LogP) is 6.88.